The van der Waals surface area contributed by atoms with Crippen molar-refractivity contribution < 1.29 is 31.9 Å². The predicted molar refractivity (Wildman–Crippen MR) is 167 cm³/mol. The number of anilines is 2. The first-order valence-corrected chi connectivity index (χ1v) is 13.5. The van der Waals surface area contributed by atoms with Crippen LogP contribution in [-0.4, -0.2) is 18.1 Å². The molecule has 13 heteroatoms. The van der Waals surface area contributed by atoms with Crippen LogP contribution in [0.25, 0.3) is 11.6 Å². The van der Waals surface area contributed by atoms with Crippen molar-refractivity contribution in [2.75, 3.05) is 10.6 Å². The minimum atomic E-state index is -0.886. The van der Waals surface area contributed by atoms with E-state index >= 15 is 0 Å². The normalized spacial score (nSPS) is 13.3. The summed E-state index contributed by atoms with van der Waals surface area (Å²) in [4.78, 5) is 32.9. The average Bonchev–Trinajstić information content (AvgIpc) is 3.46. The van der Waals surface area contributed by atoms with E-state index in [0.717, 1.165) is 35.5 Å². The van der Waals surface area contributed by atoms with Crippen molar-refractivity contribution in [3.8, 4) is 0 Å². The van der Waals surface area contributed by atoms with Crippen LogP contribution in [0.5, 0.6) is 0 Å². The van der Waals surface area contributed by atoms with Crippen molar-refractivity contribution in [1.82, 2.24) is 0 Å². The van der Waals surface area contributed by atoms with Crippen LogP contribution >= 0.6 is 46.4 Å². The Kier molecular flexibility index (Phi) is 11.6. The van der Waals surface area contributed by atoms with Gasteiger partial charge in [0.2, 0.25) is 5.91 Å². The van der Waals surface area contributed by atoms with E-state index in [1.54, 1.807) is 30.3 Å². The van der Waals surface area contributed by atoms with Crippen molar-refractivity contribution in [2.24, 2.45) is 0 Å². The molecule has 0 atom stereocenters. The third-order valence-electron chi connectivity index (χ3n) is 5.93. The number of fused-ring (bicyclic) bond motifs is 2. The van der Waals surface area contributed by atoms with E-state index in [-0.39, 0.29) is 46.4 Å². The number of carbonyl (C=O) groups is 3. The van der Waals surface area contributed by atoms with E-state index in [1.165, 1.54) is 6.08 Å². The Morgan fingerprint density at radius 1 is 0.682 bits per heavy atom. The zero-order valence-electron chi connectivity index (χ0n) is 21.4. The number of hydrogen-bond acceptors (Lipinski definition) is 3. The van der Waals surface area contributed by atoms with E-state index in [9.17, 15) is 31.9 Å². The Morgan fingerprint density at radius 3 is 1.84 bits per heavy atom. The van der Waals surface area contributed by atoms with Gasteiger partial charge in [-0.05, 0) is 60.2 Å². The second kappa shape index (κ2) is 14.7. The highest BCUT2D eigenvalue weighted by Crippen LogP contribution is 2.36. The molecule has 0 unspecified atom stereocenters. The van der Waals surface area contributed by atoms with Crippen molar-refractivity contribution in [3.05, 3.63) is 126 Å². The molecule has 44 heavy (non-hydrogen) atoms. The zero-order chi connectivity index (χ0) is 31.4. The molecule has 6 rings (SSSR count). The average molecular weight is 686 g/mol. The number of amides is 2. The van der Waals surface area contributed by atoms with Gasteiger partial charge in [0, 0.05) is 32.4 Å². The highest BCUT2D eigenvalue weighted by Gasteiger charge is 2.25. The Balaban J connectivity index is 0.000000195. The van der Waals surface area contributed by atoms with Gasteiger partial charge >= 0.3 is 0 Å². The molecule has 5 nitrogen and oxygen atoms in total. The van der Waals surface area contributed by atoms with Gasteiger partial charge in [0.25, 0.3) is 5.91 Å². The number of halogens is 8. The van der Waals surface area contributed by atoms with E-state index in [1.807, 2.05) is 6.07 Å². The smallest absolute Gasteiger partial charge is 0.256 e. The lowest BCUT2D eigenvalue weighted by Crippen LogP contribution is -2.03. The third kappa shape index (κ3) is 8.18. The minimum absolute atomic E-state index is 0. The number of aldehydes is 1. The molecule has 0 aromatic heterocycles. The largest absolute Gasteiger partial charge is 0.325 e. The summed E-state index contributed by atoms with van der Waals surface area (Å²) in [6.45, 7) is 0. The second-order valence-electron chi connectivity index (χ2n) is 8.93. The van der Waals surface area contributed by atoms with Gasteiger partial charge in [0.1, 0.15) is 17.5 Å². The molecule has 2 amide bonds. The van der Waals surface area contributed by atoms with Crippen LogP contribution in [0, 0.1) is 23.3 Å². The second-order valence-corrected chi connectivity index (χ2v) is 10.6. The molecule has 0 radical (unpaired) electrons. The lowest BCUT2D eigenvalue weighted by Gasteiger charge is -2.02. The van der Waals surface area contributed by atoms with Crippen LogP contribution in [0.2, 0.25) is 20.1 Å². The van der Waals surface area contributed by atoms with Gasteiger partial charge in [-0.15, -0.1) is 0 Å². The zero-order valence-corrected chi connectivity index (χ0v) is 24.4. The fraction of sp³-hybridized carbons (Fsp3) is 0.0645. The molecule has 0 fully saturated rings. The van der Waals surface area contributed by atoms with E-state index < -0.39 is 29.2 Å². The Labute approximate surface area is 269 Å². The number of carbonyl (C=O) groups excluding carboxylic acids is 3. The van der Waals surface area contributed by atoms with Crippen molar-refractivity contribution >= 4 is 87.5 Å². The first-order chi connectivity index (χ1) is 20.4. The number of nitrogens with one attached hydrogen (secondary N) is 2. The van der Waals surface area contributed by atoms with Crippen LogP contribution in [0.3, 0.4) is 0 Å². The standard InChI is InChI=1S/C15H7Cl2F2NO.C8H6ClNO.C7H3ClF2O.CH4/c16-8-1-2-10-11(15(21)20-13(10)5-8)4-7-3-9(18)6-12(17)14(7)19;9-6-2-1-5-3-8(11)10-7(5)4-6;8-6-2-5(9)1-4(3-11)7(6)10;/h1-6H,(H,20,21);1-2,4H,3H2,(H,10,11);1-3H;1H4. The topological polar surface area (TPSA) is 75.3 Å². The Bertz CT molecular complexity index is 1820. The van der Waals surface area contributed by atoms with E-state index in [2.05, 4.69) is 10.6 Å². The van der Waals surface area contributed by atoms with Crippen molar-refractivity contribution in [2.45, 2.75) is 13.8 Å². The quantitative estimate of drug-likeness (QED) is 0.0955. The van der Waals surface area contributed by atoms with Crippen molar-refractivity contribution in [3.63, 3.8) is 0 Å². The van der Waals surface area contributed by atoms with Crippen LogP contribution in [-0.2, 0) is 16.0 Å². The molecular weight excluding hydrogens is 666 g/mol. The van der Waals surface area contributed by atoms with Crippen LogP contribution in [0.4, 0.5) is 28.9 Å². The van der Waals surface area contributed by atoms with Gasteiger partial charge < -0.3 is 10.6 Å². The summed E-state index contributed by atoms with van der Waals surface area (Å²) in [5, 5.41) is 5.74. The molecule has 2 aliphatic rings. The number of hydrogen-bond donors (Lipinski definition) is 2. The summed E-state index contributed by atoms with van der Waals surface area (Å²) in [5.74, 6) is -3.43. The van der Waals surface area contributed by atoms with Gasteiger partial charge in [-0.2, -0.15) is 0 Å². The molecule has 4 aromatic rings. The molecule has 0 saturated heterocycles. The maximum Gasteiger partial charge on any atom is 0.256 e. The molecule has 0 spiro atoms. The number of benzene rings is 4. The van der Waals surface area contributed by atoms with Gasteiger partial charge in [0.15, 0.2) is 12.1 Å². The molecule has 228 valence electrons. The van der Waals surface area contributed by atoms with Gasteiger partial charge in [-0.25, -0.2) is 17.6 Å². The summed E-state index contributed by atoms with van der Waals surface area (Å²) in [7, 11) is 0. The summed E-state index contributed by atoms with van der Waals surface area (Å²) in [5.41, 5.74) is 2.75. The minimum Gasteiger partial charge on any atom is -0.325 e. The summed E-state index contributed by atoms with van der Waals surface area (Å²) >= 11 is 22.4. The molecule has 4 aromatic carbocycles. The van der Waals surface area contributed by atoms with Crippen LogP contribution in [0.15, 0.2) is 60.7 Å². The van der Waals surface area contributed by atoms with Gasteiger partial charge in [-0.3, -0.25) is 14.4 Å². The number of rotatable bonds is 2. The molecular formula is C31H20Cl4F4N2O3. The maximum atomic E-state index is 13.9. The summed E-state index contributed by atoms with van der Waals surface area (Å²) in [6.07, 6.45) is 1.95. The predicted octanol–water partition coefficient (Wildman–Crippen LogP) is 9.67. The van der Waals surface area contributed by atoms with Crippen molar-refractivity contribution in [1.29, 1.82) is 0 Å². The molecule has 2 heterocycles. The monoisotopic (exact) mass is 684 g/mol. The SMILES string of the molecule is C.O=C1Cc2ccc(Cl)cc2N1.O=C1Nc2cc(Cl)ccc2C1=Cc1cc(F)cc(Cl)c1F.O=Cc1cc(F)cc(Cl)c1F. The Morgan fingerprint density at radius 2 is 1.23 bits per heavy atom. The molecule has 2 aliphatic heterocycles. The summed E-state index contributed by atoms with van der Waals surface area (Å²) < 4.78 is 52.3. The molecule has 0 saturated carbocycles. The molecule has 0 bridgehead atoms. The Hall–Kier alpha value is -3.89. The third-order valence-corrected chi connectivity index (χ3v) is 6.95. The van der Waals surface area contributed by atoms with Gasteiger partial charge in [0.05, 0.1) is 27.7 Å². The fourth-order valence-electron chi connectivity index (χ4n) is 3.99. The van der Waals surface area contributed by atoms with E-state index in [0.29, 0.717) is 27.7 Å². The lowest BCUT2D eigenvalue weighted by molar-refractivity contribution is -0.115. The maximum absolute atomic E-state index is 13.9. The first kappa shape index (κ1) is 34.6. The highest BCUT2D eigenvalue weighted by molar-refractivity contribution is 6.37. The highest BCUT2D eigenvalue weighted by atomic mass is 35.5. The lowest BCUT2D eigenvalue weighted by atomic mass is 10.0. The van der Waals surface area contributed by atoms with Gasteiger partial charge in [-0.1, -0.05) is 66.0 Å². The van der Waals surface area contributed by atoms with Crippen LogP contribution in [0.1, 0.15) is 34.5 Å². The van der Waals surface area contributed by atoms with Crippen LogP contribution < -0.4 is 10.6 Å². The molecule has 2 N–H and O–H groups in total. The first-order valence-electron chi connectivity index (χ1n) is 12.0. The summed E-state index contributed by atoms with van der Waals surface area (Å²) in [6, 6.07) is 13.7. The molecule has 0 aliphatic carbocycles. The van der Waals surface area contributed by atoms with E-state index in [4.69, 9.17) is 46.4 Å². The fourth-order valence-corrected chi connectivity index (χ4v) is 4.77.